The number of carbonyl (C=O) groups is 1. The Bertz CT molecular complexity index is 671. The van der Waals surface area contributed by atoms with Gasteiger partial charge in [-0.15, -0.1) is 0 Å². The number of nitrogens with two attached hydrogens (primary N) is 1. The van der Waals surface area contributed by atoms with Crippen molar-refractivity contribution in [3.8, 4) is 11.8 Å². The average Bonchev–Trinajstić information content (AvgIpc) is 2.99. The van der Waals surface area contributed by atoms with Crippen molar-refractivity contribution in [2.24, 2.45) is 5.73 Å². The second-order valence-electron chi connectivity index (χ2n) is 4.27. The molecule has 2 aromatic rings. The number of benzene rings is 1. The Balaban J connectivity index is 1.99. The Hall–Kier alpha value is -2.29. The summed E-state index contributed by atoms with van der Waals surface area (Å²) < 4.78 is 1.70. The molecule has 1 amide bonds. The third-order valence-corrected chi connectivity index (χ3v) is 3.03. The fourth-order valence-electron chi connectivity index (χ4n) is 1.71. The molecule has 1 heterocycles. The van der Waals surface area contributed by atoms with Crippen LogP contribution in [0.1, 0.15) is 12.0 Å². The molecule has 0 fully saturated rings. The largest absolute Gasteiger partial charge is 0.325 e. The lowest BCUT2D eigenvalue weighted by Crippen LogP contribution is -2.15. The van der Waals surface area contributed by atoms with Crippen molar-refractivity contribution in [2.75, 3.05) is 11.9 Å². The Morgan fingerprint density at radius 3 is 3.05 bits per heavy atom. The molecule has 3 N–H and O–H groups in total. The van der Waals surface area contributed by atoms with Crippen molar-refractivity contribution < 1.29 is 4.79 Å². The van der Waals surface area contributed by atoms with Gasteiger partial charge in [-0.3, -0.25) is 9.48 Å². The summed E-state index contributed by atoms with van der Waals surface area (Å²) in [6.45, 7) is 0.803. The molecule has 1 aromatic heterocycles. The van der Waals surface area contributed by atoms with Crippen LogP contribution in [0.3, 0.4) is 0 Å². The van der Waals surface area contributed by atoms with E-state index in [0.29, 0.717) is 23.7 Å². The number of amides is 1. The number of hydrogen-bond acceptors (Lipinski definition) is 3. The second-order valence-corrected chi connectivity index (χ2v) is 4.68. The van der Waals surface area contributed by atoms with Gasteiger partial charge < -0.3 is 11.1 Å². The van der Waals surface area contributed by atoms with Crippen LogP contribution in [-0.4, -0.2) is 22.2 Å². The first kappa shape index (κ1) is 15.1. The van der Waals surface area contributed by atoms with Gasteiger partial charge in [-0.25, -0.2) is 0 Å². The highest BCUT2D eigenvalue weighted by Gasteiger charge is 2.07. The van der Waals surface area contributed by atoms with E-state index < -0.39 is 0 Å². The zero-order valence-corrected chi connectivity index (χ0v) is 12.1. The van der Waals surface area contributed by atoms with Crippen molar-refractivity contribution in [3.05, 3.63) is 47.2 Å². The summed E-state index contributed by atoms with van der Waals surface area (Å²) in [7, 11) is 0. The summed E-state index contributed by atoms with van der Waals surface area (Å²) in [6, 6.07) is 7.03. The van der Waals surface area contributed by atoms with E-state index in [0.717, 1.165) is 5.56 Å². The van der Waals surface area contributed by atoms with E-state index in [1.54, 1.807) is 29.1 Å². The van der Waals surface area contributed by atoms with Gasteiger partial charge in [0.1, 0.15) is 0 Å². The van der Waals surface area contributed by atoms with E-state index >= 15 is 0 Å². The third-order valence-electron chi connectivity index (χ3n) is 2.70. The van der Waals surface area contributed by atoms with E-state index in [1.165, 1.54) is 0 Å². The minimum absolute atomic E-state index is 0.128. The van der Waals surface area contributed by atoms with Crippen LogP contribution in [0.5, 0.6) is 0 Å². The van der Waals surface area contributed by atoms with Gasteiger partial charge in [-0.2, -0.15) is 5.10 Å². The van der Waals surface area contributed by atoms with Crippen molar-refractivity contribution in [1.29, 1.82) is 0 Å². The van der Waals surface area contributed by atoms with Crippen LogP contribution in [0.2, 0.25) is 5.02 Å². The molecule has 0 aliphatic heterocycles. The molecule has 6 heteroatoms. The van der Waals surface area contributed by atoms with Crippen molar-refractivity contribution in [2.45, 2.75) is 13.0 Å². The maximum Gasteiger partial charge on any atom is 0.226 e. The van der Waals surface area contributed by atoms with Crippen molar-refractivity contribution in [1.82, 2.24) is 9.78 Å². The van der Waals surface area contributed by atoms with Crippen molar-refractivity contribution >= 4 is 23.2 Å². The van der Waals surface area contributed by atoms with E-state index in [1.807, 2.05) is 12.3 Å². The molecule has 21 heavy (non-hydrogen) atoms. The highest BCUT2D eigenvalue weighted by molar-refractivity contribution is 6.33. The first-order valence-corrected chi connectivity index (χ1v) is 6.82. The van der Waals surface area contributed by atoms with Gasteiger partial charge in [0.15, 0.2) is 0 Å². The SMILES string of the molecule is NCC#Cc1ccc(Cl)c(NC(=O)CCn2cccn2)c1. The maximum atomic E-state index is 11.9. The number of hydrogen-bond donors (Lipinski definition) is 2. The number of nitrogens with zero attached hydrogens (tertiary/aromatic N) is 2. The van der Waals surface area contributed by atoms with Gasteiger partial charge in [0.25, 0.3) is 0 Å². The highest BCUT2D eigenvalue weighted by atomic mass is 35.5. The van der Waals surface area contributed by atoms with E-state index in [2.05, 4.69) is 22.3 Å². The molecule has 0 radical (unpaired) electrons. The molecule has 0 saturated heterocycles. The molecule has 0 saturated carbocycles. The van der Waals surface area contributed by atoms with Gasteiger partial charge in [0.2, 0.25) is 5.91 Å². The molecule has 0 spiro atoms. The molecule has 0 atom stereocenters. The molecule has 5 nitrogen and oxygen atoms in total. The standard InChI is InChI=1S/C15H15ClN4O/c16-13-5-4-12(3-1-7-17)11-14(13)19-15(21)6-10-20-9-2-8-18-20/h2,4-5,8-9,11H,6-7,10,17H2,(H,19,21). The number of aryl methyl sites for hydroxylation is 1. The molecule has 0 aliphatic carbocycles. The lowest BCUT2D eigenvalue weighted by molar-refractivity contribution is -0.116. The van der Waals surface area contributed by atoms with E-state index in [4.69, 9.17) is 17.3 Å². The normalized spacial score (nSPS) is 9.81. The maximum absolute atomic E-state index is 11.9. The lowest BCUT2D eigenvalue weighted by Gasteiger charge is -2.08. The van der Waals surface area contributed by atoms with E-state index in [-0.39, 0.29) is 12.5 Å². The van der Waals surface area contributed by atoms with Crippen LogP contribution in [0.15, 0.2) is 36.7 Å². The summed E-state index contributed by atoms with van der Waals surface area (Å²) in [5.41, 5.74) is 6.64. The minimum atomic E-state index is -0.128. The Morgan fingerprint density at radius 2 is 2.33 bits per heavy atom. The summed E-state index contributed by atoms with van der Waals surface area (Å²) in [6.07, 6.45) is 3.80. The number of halogens is 1. The topological polar surface area (TPSA) is 72.9 Å². The quantitative estimate of drug-likeness (QED) is 0.847. The predicted molar refractivity (Wildman–Crippen MR) is 82.9 cm³/mol. The molecule has 0 aliphatic rings. The zero-order chi connectivity index (χ0) is 15.1. The molecule has 2 rings (SSSR count). The van der Waals surface area contributed by atoms with E-state index in [9.17, 15) is 4.79 Å². The third kappa shape index (κ3) is 4.63. The minimum Gasteiger partial charge on any atom is -0.325 e. The molecule has 1 aromatic carbocycles. The number of carbonyl (C=O) groups excluding carboxylic acids is 1. The number of rotatable bonds is 4. The molecular weight excluding hydrogens is 288 g/mol. The van der Waals surface area contributed by atoms with Crippen LogP contribution < -0.4 is 11.1 Å². The summed E-state index contributed by atoms with van der Waals surface area (Å²) >= 11 is 6.07. The van der Waals surface area contributed by atoms with Crippen LogP contribution >= 0.6 is 11.6 Å². The van der Waals surface area contributed by atoms with Gasteiger partial charge >= 0.3 is 0 Å². The number of nitrogens with one attached hydrogen (secondary N) is 1. The summed E-state index contributed by atoms with van der Waals surface area (Å²) in [4.78, 5) is 11.9. The zero-order valence-electron chi connectivity index (χ0n) is 11.3. The Morgan fingerprint density at radius 1 is 1.48 bits per heavy atom. The highest BCUT2D eigenvalue weighted by Crippen LogP contribution is 2.22. The van der Waals surface area contributed by atoms with Gasteiger partial charge in [-0.05, 0) is 24.3 Å². The van der Waals surface area contributed by atoms with Crippen LogP contribution in [0.25, 0.3) is 0 Å². The average molecular weight is 303 g/mol. The second kappa shape index (κ2) is 7.48. The van der Waals surface area contributed by atoms with Crippen LogP contribution in [0, 0.1) is 11.8 Å². The number of aromatic nitrogens is 2. The van der Waals surface area contributed by atoms with Crippen LogP contribution in [-0.2, 0) is 11.3 Å². The Labute approximate surface area is 128 Å². The summed E-state index contributed by atoms with van der Waals surface area (Å²) in [5, 5.41) is 7.29. The summed E-state index contributed by atoms with van der Waals surface area (Å²) in [5.74, 6) is 5.53. The van der Waals surface area contributed by atoms with Gasteiger partial charge in [0.05, 0.1) is 17.3 Å². The monoisotopic (exact) mass is 302 g/mol. The first-order chi connectivity index (χ1) is 10.2. The lowest BCUT2D eigenvalue weighted by atomic mass is 10.2. The van der Waals surface area contributed by atoms with Crippen LogP contribution in [0.4, 0.5) is 5.69 Å². The predicted octanol–water partition coefficient (Wildman–Crippen LogP) is 1.88. The first-order valence-electron chi connectivity index (χ1n) is 6.45. The smallest absolute Gasteiger partial charge is 0.226 e. The fraction of sp³-hybridized carbons (Fsp3) is 0.200. The van der Waals surface area contributed by atoms with Crippen molar-refractivity contribution in [3.63, 3.8) is 0 Å². The molecule has 0 unspecified atom stereocenters. The molecular formula is C15H15ClN4O. The molecule has 108 valence electrons. The van der Waals surface area contributed by atoms with Gasteiger partial charge in [0, 0.05) is 30.9 Å². The Kier molecular flexibility index (Phi) is 5.38. The number of anilines is 1. The molecule has 0 bridgehead atoms. The fourth-order valence-corrected chi connectivity index (χ4v) is 1.88. The van der Waals surface area contributed by atoms with Gasteiger partial charge in [-0.1, -0.05) is 23.4 Å².